The molecule has 1 atom stereocenters. The Morgan fingerprint density at radius 3 is 2.50 bits per heavy atom. The highest BCUT2D eigenvalue weighted by Crippen LogP contribution is 2.07. The number of methoxy groups -OCH3 is 1. The van der Waals surface area contributed by atoms with Crippen molar-refractivity contribution in [1.29, 1.82) is 0 Å². The third-order valence-electron chi connectivity index (χ3n) is 2.69. The molecule has 0 aliphatic heterocycles. The van der Waals surface area contributed by atoms with Crippen LogP contribution in [-0.4, -0.2) is 24.3 Å². The molecule has 0 rings (SSSR count). The average Bonchev–Trinajstić information content (AvgIpc) is 2.39. The number of ether oxygens (including phenoxy) is 1. The molecule has 1 N–H and O–H groups in total. The van der Waals surface area contributed by atoms with Gasteiger partial charge in [0.2, 0.25) is 0 Å². The molecule has 3 heteroatoms. The quantitative estimate of drug-likeness (QED) is 0.281. The van der Waals surface area contributed by atoms with Crippen LogP contribution in [-0.2, 0) is 9.53 Å². The van der Waals surface area contributed by atoms with Gasteiger partial charge in [-0.1, -0.05) is 51.2 Å². The van der Waals surface area contributed by atoms with Crippen molar-refractivity contribution >= 4 is 5.97 Å². The van der Waals surface area contributed by atoms with Crippen LogP contribution in [0.5, 0.6) is 0 Å². The molecule has 0 saturated carbocycles. The molecule has 0 saturated heterocycles. The number of aliphatic hydroxyl groups excluding tert-OH is 1. The lowest BCUT2D eigenvalue weighted by molar-refractivity contribution is -0.134. The molecule has 0 aliphatic carbocycles. The maximum atomic E-state index is 10.8. The maximum absolute atomic E-state index is 10.8. The Kier molecular flexibility index (Phi) is 11.6. The molecule has 0 aliphatic rings. The molecule has 0 unspecified atom stereocenters. The Bertz CT molecular complexity index is 256. The predicted octanol–water partition coefficient (Wildman–Crippen LogP) is 3.38. The summed E-state index contributed by atoms with van der Waals surface area (Å²) in [6.07, 6.45) is 14.2. The second-order valence-electron chi connectivity index (χ2n) is 4.36. The van der Waals surface area contributed by atoms with E-state index in [1.54, 1.807) is 6.08 Å². The van der Waals surface area contributed by atoms with Crippen LogP contribution in [0.4, 0.5) is 0 Å². The monoisotopic (exact) mass is 254 g/mol. The van der Waals surface area contributed by atoms with Gasteiger partial charge in [0.15, 0.2) is 0 Å². The second kappa shape index (κ2) is 12.4. The summed E-state index contributed by atoms with van der Waals surface area (Å²) >= 11 is 0. The molecule has 0 spiro atoms. The van der Waals surface area contributed by atoms with E-state index in [9.17, 15) is 9.90 Å². The lowest BCUT2D eigenvalue weighted by Crippen LogP contribution is -2.00. The van der Waals surface area contributed by atoms with E-state index in [0.717, 1.165) is 12.8 Å². The van der Waals surface area contributed by atoms with Crippen molar-refractivity contribution in [3.63, 3.8) is 0 Å². The molecule has 0 radical (unpaired) electrons. The van der Waals surface area contributed by atoms with Crippen LogP contribution in [0.3, 0.4) is 0 Å². The molecule has 0 fully saturated rings. The maximum Gasteiger partial charge on any atom is 0.330 e. The molecule has 0 aromatic rings. The van der Waals surface area contributed by atoms with E-state index in [0.29, 0.717) is 0 Å². The van der Waals surface area contributed by atoms with E-state index in [1.165, 1.54) is 51.4 Å². The van der Waals surface area contributed by atoms with Crippen LogP contribution in [0.25, 0.3) is 0 Å². The molecule has 0 heterocycles. The van der Waals surface area contributed by atoms with Crippen LogP contribution in [0.2, 0.25) is 0 Å². The third kappa shape index (κ3) is 11.4. The van der Waals surface area contributed by atoms with Crippen molar-refractivity contribution < 1.29 is 14.6 Å². The van der Waals surface area contributed by atoms with Crippen molar-refractivity contribution in [2.24, 2.45) is 0 Å². The normalized spacial score (nSPS) is 13.3. The van der Waals surface area contributed by atoms with Crippen LogP contribution < -0.4 is 0 Å². The van der Waals surface area contributed by atoms with E-state index in [4.69, 9.17) is 0 Å². The molecular weight excluding hydrogens is 228 g/mol. The molecule has 0 aromatic carbocycles. The zero-order valence-electron chi connectivity index (χ0n) is 11.6. The number of allylic oxidation sites excluding steroid dienone is 1. The summed E-state index contributed by atoms with van der Waals surface area (Å²) < 4.78 is 4.43. The number of hydrogen-bond acceptors (Lipinski definition) is 3. The SMILES string of the molecule is CCCCCCCC/C=C\[C@@H](O)/C=C\C(=O)OC. The molecular formula is C15H26O3. The van der Waals surface area contributed by atoms with Crippen LogP contribution in [0.15, 0.2) is 24.3 Å². The minimum Gasteiger partial charge on any atom is -0.466 e. The molecule has 0 bridgehead atoms. The van der Waals surface area contributed by atoms with E-state index < -0.39 is 12.1 Å². The smallest absolute Gasteiger partial charge is 0.330 e. The lowest BCUT2D eigenvalue weighted by Gasteiger charge is -1.99. The van der Waals surface area contributed by atoms with Crippen molar-refractivity contribution in [1.82, 2.24) is 0 Å². The summed E-state index contributed by atoms with van der Waals surface area (Å²) in [6, 6.07) is 0. The van der Waals surface area contributed by atoms with Crippen LogP contribution in [0, 0.1) is 0 Å². The van der Waals surface area contributed by atoms with Gasteiger partial charge in [-0.15, -0.1) is 0 Å². The topological polar surface area (TPSA) is 46.5 Å². The average molecular weight is 254 g/mol. The van der Waals surface area contributed by atoms with Gasteiger partial charge < -0.3 is 9.84 Å². The second-order valence-corrected chi connectivity index (χ2v) is 4.36. The summed E-state index contributed by atoms with van der Waals surface area (Å²) in [5.74, 6) is -0.446. The summed E-state index contributed by atoms with van der Waals surface area (Å²) in [4.78, 5) is 10.8. The third-order valence-corrected chi connectivity index (χ3v) is 2.69. The number of unbranched alkanes of at least 4 members (excludes halogenated alkanes) is 6. The first-order chi connectivity index (χ1) is 8.70. The number of esters is 1. The highest BCUT2D eigenvalue weighted by Gasteiger charge is 1.95. The Labute approximate surface area is 111 Å². The van der Waals surface area contributed by atoms with Crippen LogP contribution >= 0.6 is 0 Å². The molecule has 18 heavy (non-hydrogen) atoms. The van der Waals surface area contributed by atoms with E-state index in [-0.39, 0.29) is 0 Å². The van der Waals surface area contributed by atoms with Gasteiger partial charge in [0.25, 0.3) is 0 Å². The first-order valence-electron chi connectivity index (χ1n) is 6.81. The van der Waals surface area contributed by atoms with Gasteiger partial charge in [-0.05, 0) is 18.9 Å². The van der Waals surface area contributed by atoms with Crippen molar-refractivity contribution in [3.8, 4) is 0 Å². The number of hydrogen-bond donors (Lipinski definition) is 1. The summed E-state index contributed by atoms with van der Waals surface area (Å²) in [7, 11) is 1.31. The number of rotatable bonds is 10. The minimum absolute atomic E-state index is 0.446. The fourth-order valence-corrected chi connectivity index (χ4v) is 1.59. The molecule has 0 aromatic heterocycles. The molecule has 3 nitrogen and oxygen atoms in total. The summed E-state index contributed by atoms with van der Waals surface area (Å²) in [5.41, 5.74) is 0. The van der Waals surface area contributed by atoms with E-state index >= 15 is 0 Å². The standard InChI is InChI=1S/C15H26O3/c1-3-4-5-6-7-8-9-10-11-14(16)12-13-15(17)18-2/h10-14,16H,3-9H2,1-2H3/b11-10-,13-12-/t14-/m1/s1. The highest BCUT2D eigenvalue weighted by atomic mass is 16.5. The van der Waals surface area contributed by atoms with Gasteiger partial charge in [-0.3, -0.25) is 0 Å². The van der Waals surface area contributed by atoms with Gasteiger partial charge in [0.1, 0.15) is 0 Å². The first kappa shape index (κ1) is 16.9. The fraction of sp³-hybridized carbons (Fsp3) is 0.667. The van der Waals surface area contributed by atoms with E-state index in [1.807, 2.05) is 6.08 Å². The van der Waals surface area contributed by atoms with E-state index in [2.05, 4.69) is 11.7 Å². The first-order valence-corrected chi connectivity index (χ1v) is 6.81. The van der Waals surface area contributed by atoms with Gasteiger partial charge >= 0.3 is 5.97 Å². The lowest BCUT2D eigenvalue weighted by atomic mass is 10.1. The van der Waals surface area contributed by atoms with Gasteiger partial charge in [0, 0.05) is 6.08 Å². The fourth-order valence-electron chi connectivity index (χ4n) is 1.59. The Morgan fingerprint density at radius 2 is 1.83 bits per heavy atom. The van der Waals surface area contributed by atoms with Gasteiger partial charge in [0.05, 0.1) is 13.2 Å². The molecule has 104 valence electrons. The largest absolute Gasteiger partial charge is 0.466 e. The zero-order chi connectivity index (χ0) is 13.6. The van der Waals surface area contributed by atoms with Gasteiger partial charge in [-0.25, -0.2) is 4.79 Å². The Hall–Kier alpha value is -1.09. The summed E-state index contributed by atoms with van der Waals surface area (Å²) in [6.45, 7) is 2.21. The number of aliphatic hydroxyl groups is 1. The van der Waals surface area contributed by atoms with Gasteiger partial charge in [-0.2, -0.15) is 0 Å². The number of carbonyl (C=O) groups is 1. The zero-order valence-corrected chi connectivity index (χ0v) is 11.6. The summed E-state index contributed by atoms with van der Waals surface area (Å²) in [5, 5.41) is 9.48. The minimum atomic E-state index is -0.704. The predicted molar refractivity (Wildman–Crippen MR) is 74.3 cm³/mol. The highest BCUT2D eigenvalue weighted by molar-refractivity contribution is 5.81. The van der Waals surface area contributed by atoms with Crippen molar-refractivity contribution in [2.45, 2.75) is 58.0 Å². The Balaban J connectivity index is 3.51. The molecule has 0 amide bonds. The van der Waals surface area contributed by atoms with Crippen LogP contribution in [0.1, 0.15) is 51.9 Å². The number of carbonyl (C=O) groups excluding carboxylic acids is 1. The Morgan fingerprint density at radius 1 is 1.17 bits per heavy atom. The van der Waals surface area contributed by atoms with Crippen molar-refractivity contribution in [3.05, 3.63) is 24.3 Å². The van der Waals surface area contributed by atoms with Crippen molar-refractivity contribution in [2.75, 3.05) is 7.11 Å².